The van der Waals surface area contributed by atoms with Crippen molar-refractivity contribution in [1.82, 2.24) is 10.2 Å². The Hall–Kier alpha value is -1.57. The molecule has 6 nitrogen and oxygen atoms in total. The third-order valence-corrected chi connectivity index (χ3v) is 4.99. The highest BCUT2D eigenvalue weighted by Crippen LogP contribution is 2.20. The van der Waals surface area contributed by atoms with Crippen LogP contribution in [0.5, 0.6) is 0 Å². The van der Waals surface area contributed by atoms with Gasteiger partial charge in [0.25, 0.3) is 5.91 Å². The zero-order valence-electron chi connectivity index (χ0n) is 15.8. The number of hydrogen-bond acceptors (Lipinski definition) is 5. The average molecular weight is 430 g/mol. The van der Waals surface area contributed by atoms with E-state index in [2.05, 4.69) is 10.2 Å². The molecule has 1 aromatic heterocycles. The molecule has 1 amide bonds. The topological polar surface area (TPSA) is 91.7 Å². The van der Waals surface area contributed by atoms with Crippen molar-refractivity contribution in [1.29, 1.82) is 0 Å². The highest BCUT2D eigenvalue weighted by molar-refractivity contribution is 5.93. The Balaban J connectivity index is 0.00000196. The van der Waals surface area contributed by atoms with E-state index < -0.39 is 6.10 Å². The molecule has 0 aliphatic carbocycles. The molecule has 0 saturated carbocycles. The molecule has 1 unspecified atom stereocenters. The van der Waals surface area contributed by atoms with E-state index in [4.69, 9.17) is 10.2 Å². The predicted octanol–water partition coefficient (Wildman–Crippen LogP) is 2.76. The summed E-state index contributed by atoms with van der Waals surface area (Å²) in [5, 5.41) is 13.3. The molecule has 1 atom stereocenters. The molecular formula is C20H29Cl2N3O3. The van der Waals surface area contributed by atoms with Crippen LogP contribution in [0.1, 0.15) is 40.6 Å². The number of aliphatic hydroxyl groups is 1. The van der Waals surface area contributed by atoms with Gasteiger partial charge in [-0.2, -0.15) is 0 Å². The van der Waals surface area contributed by atoms with Crippen LogP contribution in [0.25, 0.3) is 0 Å². The van der Waals surface area contributed by atoms with E-state index in [1.54, 1.807) is 6.07 Å². The van der Waals surface area contributed by atoms with Crippen molar-refractivity contribution in [3.05, 3.63) is 59.5 Å². The summed E-state index contributed by atoms with van der Waals surface area (Å²) in [6.07, 6.45) is 3.03. The second-order valence-electron chi connectivity index (χ2n) is 6.89. The Morgan fingerprint density at radius 2 is 1.93 bits per heavy atom. The molecule has 8 heteroatoms. The quantitative estimate of drug-likeness (QED) is 0.629. The number of amides is 1. The smallest absolute Gasteiger partial charge is 0.254 e. The molecule has 0 spiro atoms. The van der Waals surface area contributed by atoms with Crippen LogP contribution in [0, 0.1) is 5.92 Å². The molecule has 1 fully saturated rings. The molecule has 1 aliphatic rings. The van der Waals surface area contributed by atoms with Gasteiger partial charge in [-0.1, -0.05) is 30.3 Å². The van der Waals surface area contributed by atoms with Crippen molar-refractivity contribution in [2.24, 2.45) is 11.7 Å². The van der Waals surface area contributed by atoms with Crippen LogP contribution in [0.15, 0.2) is 47.1 Å². The molecule has 2 aromatic rings. The summed E-state index contributed by atoms with van der Waals surface area (Å²) in [5.74, 6) is 0.959. The van der Waals surface area contributed by atoms with Crippen molar-refractivity contribution in [2.45, 2.75) is 25.5 Å². The van der Waals surface area contributed by atoms with Crippen LogP contribution in [-0.2, 0) is 6.54 Å². The number of hydrogen-bond donors (Lipinski definition) is 3. The van der Waals surface area contributed by atoms with E-state index in [1.165, 1.54) is 6.26 Å². The number of benzene rings is 1. The molecule has 156 valence electrons. The molecule has 1 saturated heterocycles. The first-order valence-electron chi connectivity index (χ1n) is 9.16. The van der Waals surface area contributed by atoms with Crippen LogP contribution in [0.4, 0.5) is 0 Å². The van der Waals surface area contributed by atoms with Gasteiger partial charge in [0.15, 0.2) is 0 Å². The van der Waals surface area contributed by atoms with Crippen molar-refractivity contribution < 1.29 is 14.3 Å². The van der Waals surface area contributed by atoms with Crippen LogP contribution >= 0.6 is 24.8 Å². The highest BCUT2D eigenvalue weighted by Gasteiger charge is 2.22. The normalized spacial score (nSPS) is 15.9. The summed E-state index contributed by atoms with van der Waals surface area (Å²) in [7, 11) is 0. The number of carbonyl (C=O) groups excluding carboxylic acids is 1. The fourth-order valence-electron chi connectivity index (χ4n) is 3.34. The first kappa shape index (κ1) is 24.5. The van der Waals surface area contributed by atoms with E-state index in [-0.39, 0.29) is 30.7 Å². The van der Waals surface area contributed by atoms with Crippen LogP contribution in [-0.4, -0.2) is 42.1 Å². The molecule has 2 heterocycles. The van der Waals surface area contributed by atoms with Crippen molar-refractivity contribution in [3.63, 3.8) is 0 Å². The first-order chi connectivity index (χ1) is 12.7. The zero-order chi connectivity index (χ0) is 18.4. The Bertz CT molecular complexity index is 704. The standard InChI is InChI=1S/C20H27N3O3.2ClH/c21-11-18-10-17(14-26-18)20(25)22-12-15-6-8-23(9-7-15)13-19(24)16-4-2-1-3-5-16;;/h1-5,10,14-15,19,24H,6-9,11-13,21H2,(H,22,25);2*1H. The maximum absolute atomic E-state index is 12.1. The van der Waals surface area contributed by atoms with Crippen molar-refractivity contribution in [3.8, 4) is 0 Å². The van der Waals surface area contributed by atoms with Gasteiger partial charge in [-0.3, -0.25) is 4.79 Å². The fraction of sp³-hybridized carbons (Fsp3) is 0.450. The minimum absolute atomic E-state index is 0. The lowest BCUT2D eigenvalue weighted by Gasteiger charge is -2.33. The minimum atomic E-state index is -0.453. The lowest BCUT2D eigenvalue weighted by atomic mass is 9.96. The molecular weight excluding hydrogens is 401 g/mol. The van der Waals surface area contributed by atoms with Gasteiger partial charge in [-0.25, -0.2) is 0 Å². The number of β-amino-alcohol motifs (C(OH)–C–C–N with tert-alkyl or cyclic N) is 1. The number of likely N-dealkylation sites (tertiary alicyclic amines) is 1. The van der Waals surface area contributed by atoms with Gasteiger partial charge >= 0.3 is 0 Å². The third kappa shape index (κ3) is 6.79. The molecule has 1 aliphatic heterocycles. The van der Waals surface area contributed by atoms with Crippen molar-refractivity contribution in [2.75, 3.05) is 26.2 Å². The molecule has 1 aromatic carbocycles. The minimum Gasteiger partial charge on any atom is -0.467 e. The number of nitrogens with two attached hydrogens (primary N) is 1. The second kappa shape index (κ2) is 12.1. The number of nitrogens with zero attached hydrogens (tertiary/aromatic N) is 1. The number of halogens is 2. The second-order valence-corrected chi connectivity index (χ2v) is 6.89. The predicted molar refractivity (Wildman–Crippen MR) is 114 cm³/mol. The Kier molecular flexibility index (Phi) is 10.6. The van der Waals surface area contributed by atoms with Gasteiger partial charge in [0.2, 0.25) is 0 Å². The van der Waals surface area contributed by atoms with E-state index in [0.717, 1.165) is 31.5 Å². The lowest BCUT2D eigenvalue weighted by molar-refractivity contribution is 0.0852. The molecule has 28 heavy (non-hydrogen) atoms. The van der Waals surface area contributed by atoms with Gasteiger partial charge in [0, 0.05) is 13.1 Å². The summed E-state index contributed by atoms with van der Waals surface area (Å²) in [6, 6.07) is 11.4. The highest BCUT2D eigenvalue weighted by atomic mass is 35.5. The molecule has 4 N–H and O–H groups in total. The number of carbonyl (C=O) groups is 1. The lowest BCUT2D eigenvalue weighted by Crippen LogP contribution is -2.40. The Morgan fingerprint density at radius 1 is 1.25 bits per heavy atom. The average Bonchev–Trinajstić information content (AvgIpc) is 3.17. The van der Waals surface area contributed by atoms with Gasteiger partial charge in [-0.15, -0.1) is 24.8 Å². The van der Waals surface area contributed by atoms with Crippen LogP contribution in [0.2, 0.25) is 0 Å². The monoisotopic (exact) mass is 429 g/mol. The number of furan rings is 1. The summed E-state index contributed by atoms with van der Waals surface area (Å²) in [4.78, 5) is 14.4. The Morgan fingerprint density at radius 3 is 2.54 bits per heavy atom. The van der Waals surface area contributed by atoms with Gasteiger partial charge in [-0.05, 0) is 43.5 Å². The van der Waals surface area contributed by atoms with Crippen LogP contribution < -0.4 is 11.1 Å². The summed E-state index contributed by atoms with van der Waals surface area (Å²) in [6.45, 7) is 3.48. The zero-order valence-corrected chi connectivity index (χ0v) is 17.4. The number of nitrogens with one attached hydrogen (secondary N) is 1. The van der Waals surface area contributed by atoms with E-state index in [9.17, 15) is 9.90 Å². The number of piperidine rings is 1. The largest absolute Gasteiger partial charge is 0.467 e. The molecule has 3 rings (SSSR count). The molecule has 0 radical (unpaired) electrons. The van der Waals surface area contributed by atoms with E-state index in [0.29, 0.717) is 36.9 Å². The van der Waals surface area contributed by atoms with Crippen LogP contribution in [0.3, 0.4) is 0 Å². The Labute approximate surface area is 178 Å². The molecule has 0 bridgehead atoms. The fourth-order valence-corrected chi connectivity index (χ4v) is 3.34. The number of rotatable bonds is 7. The maximum Gasteiger partial charge on any atom is 0.254 e. The summed E-state index contributed by atoms with van der Waals surface area (Å²) >= 11 is 0. The summed E-state index contributed by atoms with van der Waals surface area (Å²) in [5.41, 5.74) is 6.97. The van der Waals surface area contributed by atoms with Gasteiger partial charge < -0.3 is 25.5 Å². The number of aliphatic hydroxyl groups excluding tert-OH is 1. The maximum atomic E-state index is 12.1. The van der Waals surface area contributed by atoms with E-state index in [1.807, 2.05) is 30.3 Å². The SMILES string of the molecule is Cl.Cl.NCc1cc(C(=O)NCC2CCN(CC(O)c3ccccc3)CC2)co1. The third-order valence-electron chi connectivity index (χ3n) is 4.99. The first-order valence-corrected chi connectivity index (χ1v) is 9.16. The van der Waals surface area contributed by atoms with Gasteiger partial charge in [0.1, 0.15) is 12.0 Å². The van der Waals surface area contributed by atoms with Crippen molar-refractivity contribution >= 4 is 30.7 Å². The van der Waals surface area contributed by atoms with E-state index >= 15 is 0 Å². The van der Waals surface area contributed by atoms with Gasteiger partial charge in [0.05, 0.1) is 18.2 Å². The summed E-state index contributed by atoms with van der Waals surface area (Å²) < 4.78 is 5.20.